The van der Waals surface area contributed by atoms with E-state index in [2.05, 4.69) is 5.32 Å². The van der Waals surface area contributed by atoms with Gasteiger partial charge >= 0.3 is 0 Å². The number of hydrogen-bond donors (Lipinski definition) is 1. The van der Waals surface area contributed by atoms with Gasteiger partial charge in [0, 0.05) is 19.2 Å². The molecular weight excluding hydrogens is 391 g/mol. The number of hydrogen-bond acceptors (Lipinski definition) is 4. The molecular formula is C22H19FN2O3S. The number of amides is 3. The molecule has 1 saturated heterocycles. The maximum absolute atomic E-state index is 12.9. The van der Waals surface area contributed by atoms with Gasteiger partial charge in [0.25, 0.3) is 11.1 Å². The predicted molar refractivity (Wildman–Crippen MR) is 112 cm³/mol. The molecule has 0 aliphatic carbocycles. The summed E-state index contributed by atoms with van der Waals surface area (Å²) in [5, 5.41) is 2.27. The molecule has 2 aromatic rings. The number of carbonyl (C=O) groups is 3. The van der Waals surface area contributed by atoms with E-state index >= 15 is 0 Å². The third-order valence-electron chi connectivity index (χ3n) is 4.18. The molecule has 0 spiro atoms. The molecule has 3 amide bonds. The van der Waals surface area contributed by atoms with Crippen LogP contribution >= 0.6 is 11.8 Å². The van der Waals surface area contributed by atoms with Gasteiger partial charge in [-0.25, -0.2) is 4.39 Å². The first-order valence-corrected chi connectivity index (χ1v) is 9.77. The van der Waals surface area contributed by atoms with Crippen molar-refractivity contribution in [3.05, 3.63) is 82.0 Å². The predicted octanol–water partition coefficient (Wildman–Crippen LogP) is 4.00. The number of halogens is 1. The van der Waals surface area contributed by atoms with Crippen molar-refractivity contribution in [2.45, 2.75) is 6.92 Å². The van der Waals surface area contributed by atoms with Crippen LogP contribution in [0.5, 0.6) is 0 Å². The number of benzene rings is 2. The Labute approximate surface area is 172 Å². The van der Waals surface area contributed by atoms with Crippen molar-refractivity contribution >= 4 is 41.0 Å². The van der Waals surface area contributed by atoms with Gasteiger partial charge in [-0.05, 0) is 54.1 Å². The molecule has 0 aromatic heterocycles. The van der Waals surface area contributed by atoms with Crippen molar-refractivity contribution in [1.82, 2.24) is 10.2 Å². The minimum absolute atomic E-state index is 0.0893. The second kappa shape index (κ2) is 9.34. The number of carbonyl (C=O) groups excluding carboxylic acids is 3. The Kier molecular flexibility index (Phi) is 6.61. The van der Waals surface area contributed by atoms with Crippen LogP contribution < -0.4 is 5.32 Å². The fraction of sp³-hybridized carbons (Fsp3) is 0.136. The molecule has 0 radical (unpaired) electrons. The van der Waals surface area contributed by atoms with Crippen LogP contribution in [-0.2, 0) is 9.59 Å². The van der Waals surface area contributed by atoms with Crippen LogP contribution in [0.1, 0.15) is 16.7 Å². The molecule has 0 saturated carbocycles. The topological polar surface area (TPSA) is 66.5 Å². The molecule has 5 nitrogen and oxygen atoms in total. The average Bonchev–Trinajstić information content (AvgIpc) is 2.96. The van der Waals surface area contributed by atoms with Crippen LogP contribution in [0.15, 0.2) is 59.5 Å². The van der Waals surface area contributed by atoms with Crippen LogP contribution in [0.3, 0.4) is 0 Å². The van der Waals surface area contributed by atoms with E-state index in [1.165, 1.54) is 18.2 Å². The van der Waals surface area contributed by atoms with E-state index in [9.17, 15) is 18.8 Å². The van der Waals surface area contributed by atoms with E-state index in [-0.39, 0.29) is 36.0 Å². The number of nitrogens with zero attached hydrogens (tertiary/aromatic N) is 1. The highest BCUT2D eigenvalue weighted by atomic mass is 32.2. The molecule has 0 unspecified atom stereocenters. The van der Waals surface area contributed by atoms with Gasteiger partial charge in [0.1, 0.15) is 5.82 Å². The lowest BCUT2D eigenvalue weighted by Gasteiger charge is -2.12. The van der Waals surface area contributed by atoms with Gasteiger partial charge in [0.05, 0.1) is 4.91 Å². The number of imide groups is 1. The van der Waals surface area contributed by atoms with Crippen molar-refractivity contribution in [3.8, 4) is 0 Å². The standard InChI is InChI=1S/C22H19FN2O3S/c1-15-2-4-17(5-3-15)14-19-21(27)25(22(28)29-19)13-12-24-20(26)11-8-16-6-9-18(23)10-7-16/h2-11,14H,12-13H2,1H3,(H,24,26). The zero-order chi connectivity index (χ0) is 20.8. The fourth-order valence-electron chi connectivity index (χ4n) is 2.60. The van der Waals surface area contributed by atoms with Crippen molar-refractivity contribution < 1.29 is 18.8 Å². The highest BCUT2D eigenvalue weighted by Gasteiger charge is 2.34. The minimum Gasteiger partial charge on any atom is -0.351 e. The lowest BCUT2D eigenvalue weighted by Crippen LogP contribution is -2.36. The van der Waals surface area contributed by atoms with E-state index in [4.69, 9.17) is 0 Å². The summed E-state index contributed by atoms with van der Waals surface area (Å²) in [6.45, 7) is 2.20. The van der Waals surface area contributed by atoms with Gasteiger partial charge in [-0.1, -0.05) is 42.0 Å². The molecule has 1 fully saturated rings. The summed E-state index contributed by atoms with van der Waals surface area (Å²) in [5.41, 5.74) is 2.65. The Bertz CT molecular complexity index is 982. The molecule has 29 heavy (non-hydrogen) atoms. The zero-order valence-electron chi connectivity index (χ0n) is 15.7. The first-order valence-electron chi connectivity index (χ1n) is 8.96. The van der Waals surface area contributed by atoms with Crippen LogP contribution in [0.4, 0.5) is 9.18 Å². The van der Waals surface area contributed by atoms with Crippen molar-refractivity contribution in [3.63, 3.8) is 0 Å². The summed E-state index contributed by atoms with van der Waals surface area (Å²) in [7, 11) is 0. The fourth-order valence-corrected chi connectivity index (χ4v) is 3.47. The minimum atomic E-state index is -0.364. The van der Waals surface area contributed by atoms with Crippen LogP contribution in [0, 0.1) is 12.7 Å². The molecule has 0 bridgehead atoms. The van der Waals surface area contributed by atoms with E-state index in [0.717, 1.165) is 27.8 Å². The Morgan fingerprint density at radius 2 is 1.72 bits per heavy atom. The van der Waals surface area contributed by atoms with Gasteiger partial charge in [-0.15, -0.1) is 0 Å². The number of rotatable bonds is 6. The van der Waals surface area contributed by atoms with E-state index < -0.39 is 0 Å². The molecule has 148 valence electrons. The lowest BCUT2D eigenvalue weighted by atomic mass is 10.1. The quantitative estimate of drug-likeness (QED) is 0.731. The molecule has 2 aromatic carbocycles. The zero-order valence-corrected chi connectivity index (χ0v) is 16.5. The number of nitrogens with one attached hydrogen (secondary N) is 1. The lowest BCUT2D eigenvalue weighted by molar-refractivity contribution is -0.123. The van der Waals surface area contributed by atoms with Gasteiger partial charge in [0.2, 0.25) is 5.91 Å². The van der Waals surface area contributed by atoms with Crippen LogP contribution in [-0.4, -0.2) is 35.0 Å². The Morgan fingerprint density at radius 1 is 1.07 bits per heavy atom. The molecule has 0 atom stereocenters. The van der Waals surface area contributed by atoms with Crippen LogP contribution in [0.2, 0.25) is 0 Å². The van der Waals surface area contributed by atoms with E-state index in [1.807, 2.05) is 31.2 Å². The van der Waals surface area contributed by atoms with Crippen molar-refractivity contribution in [2.24, 2.45) is 0 Å². The molecule has 7 heteroatoms. The normalized spacial score (nSPS) is 15.5. The Morgan fingerprint density at radius 3 is 2.41 bits per heavy atom. The Balaban J connectivity index is 1.52. The molecule has 3 rings (SSSR count). The smallest absolute Gasteiger partial charge is 0.293 e. The highest BCUT2D eigenvalue weighted by molar-refractivity contribution is 8.18. The molecule has 1 aliphatic rings. The van der Waals surface area contributed by atoms with Crippen molar-refractivity contribution in [2.75, 3.05) is 13.1 Å². The van der Waals surface area contributed by atoms with Gasteiger partial charge in [0.15, 0.2) is 0 Å². The SMILES string of the molecule is Cc1ccc(C=C2SC(=O)N(CCNC(=O)C=Cc3ccc(F)cc3)C2=O)cc1. The van der Waals surface area contributed by atoms with Crippen molar-refractivity contribution in [1.29, 1.82) is 0 Å². The monoisotopic (exact) mass is 410 g/mol. The van der Waals surface area contributed by atoms with Crippen LogP contribution in [0.25, 0.3) is 12.2 Å². The average molecular weight is 410 g/mol. The first-order chi connectivity index (χ1) is 13.9. The second-order valence-electron chi connectivity index (χ2n) is 6.42. The van der Waals surface area contributed by atoms with E-state index in [1.54, 1.807) is 24.3 Å². The number of thioether (sulfide) groups is 1. The molecule has 1 aliphatic heterocycles. The summed E-state index contributed by atoms with van der Waals surface area (Å²) in [6, 6.07) is 13.4. The molecule has 1 heterocycles. The molecule has 1 N–H and O–H groups in total. The number of aryl methyl sites for hydroxylation is 1. The third-order valence-corrected chi connectivity index (χ3v) is 5.09. The Hall–Kier alpha value is -3.19. The summed E-state index contributed by atoms with van der Waals surface area (Å²) in [5.74, 6) is -1.08. The summed E-state index contributed by atoms with van der Waals surface area (Å²) >= 11 is 0.890. The van der Waals surface area contributed by atoms with Gasteiger partial charge in [-0.3, -0.25) is 19.3 Å². The third kappa shape index (κ3) is 5.65. The van der Waals surface area contributed by atoms with Gasteiger partial charge in [-0.2, -0.15) is 0 Å². The summed E-state index contributed by atoms with van der Waals surface area (Å²) < 4.78 is 12.9. The highest BCUT2D eigenvalue weighted by Crippen LogP contribution is 2.31. The maximum Gasteiger partial charge on any atom is 0.293 e. The second-order valence-corrected chi connectivity index (χ2v) is 7.41. The largest absolute Gasteiger partial charge is 0.351 e. The van der Waals surface area contributed by atoms with E-state index in [0.29, 0.717) is 10.5 Å². The summed E-state index contributed by atoms with van der Waals surface area (Å²) in [4.78, 5) is 37.9. The maximum atomic E-state index is 12.9. The van der Waals surface area contributed by atoms with Gasteiger partial charge < -0.3 is 5.32 Å². The summed E-state index contributed by atoms with van der Waals surface area (Å²) in [6.07, 6.45) is 4.56. The first kappa shape index (κ1) is 20.5.